The van der Waals surface area contributed by atoms with E-state index < -0.39 is 12.1 Å². The summed E-state index contributed by atoms with van der Waals surface area (Å²) in [6.45, 7) is 3.41. The van der Waals surface area contributed by atoms with Crippen molar-refractivity contribution in [2.45, 2.75) is 45.2 Å². The fraction of sp³-hybridized carbons (Fsp3) is 0.444. The number of carbonyl (C=O) groups excluding carboxylic acids is 2. The number of carbonyl (C=O) groups is 2. The number of nitrogens with one attached hydrogen (secondary N) is 3. The summed E-state index contributed by atoms with van der Waals surface area (Å²) in [4.78, 5) is 37.8. The summed E-state index contributed by atoms with van der Waals surface area (Å²) < 4.78 is 16.9. The molecular formula is C27H35N3O7. The van der Waals surface area contributed by atoms with Crippen molar-refractivity contribution in [1.82, 2.24) is 10.6 Å². The number of amides is 2. The molecule has 2 aromatic rings. The van der Waals surface area contributed by atoms with E-state index in [4.69, 9.17) is 19.3 Å². The molecule has 0 unspecified atom stereocenters. The van der Waals surface area contributed by atoms with Crippen LogP contribution in [0.5, 0.6) is 17.2 Å². The third kappa shape index (κ3) is 6.14. The first-order valence-corrected chi connectivity index (χ1v) is 12.2. The van der Waals surface area contributed by atoms with Crippen LogP contribution in [-0.2, 0) is 16.0 Å². The number of anilines is 1. The van der Waals surface area contributed by atoms with Gasteiger partial charge in [0.25, 0.3) is 0 Å². The highest BCUT2D eigenvalue weighted by Crippen LogP contribution is 2.50. The van der Waals surface area contributed by atoms with Crippen molar-refractivity contribution >= 4 is 17.5 Å². The largest absolute Gasteiger partial charge is 0.493 e. The van der Waals surface area contributed by atoms with Gasteiger partial charge in [0, 0.05) is 25.6 Å². The number of aliphatic hydroxyl groups is 1. The minimum atomic E-state index is -0.689. The molecule has 0 fully saturated rings. The molecule has 4 N–H and O–H groups in total. The molecule has 0 spiro atoms. The van der Waals surface area contributed by atoms with E-state index in [1.807, 2.05) is 6.07 Å². The normalized spacial score (nSPS) is 14.8. The van der Waals surface area contributed by atoms with Crippen molar-refractivity contribution in [3.63, 3.8) is 0 Å². The number of rotatable bonds is 10. The Hall–Kier alpha value is -3.79. The first-order valence-electron chi connectivity index (χ1n) is 12.2. The van der Waals surface area contributed by atoms with Gasteiger partial charge in [-0.3, -0.25) is 14.4 Å². The number of ether oxygens (including phenoxy) is 3. The highest BCUT2D eigenvalue weighted by atomic mass is 16.5. The second-order valence-electron chi connectivity index (χ2n) is 8.83. The predicted molar refractivity (Wildman–Crippen MR) is 140 cm³/mol. The van der Waals surface area contributed by atoms with Gasteiger partial charge in [0.05, 0.1) is 33.1 Å². The number of hydrogen-bond donors (Lipinski definition) is 4. The summed E-state index contributed by atoms with van der Waals surface area (Å²) in [6.07, 6.45) is 1.59. The summed E-state index contributed by atoms with van der Waals surface area (Å²) >= 11 is 0. The molecule has 2 aromatic carbocycles. The Labute approximate surface area is 216 Å². The fourth-order valence-electron chi connectivity index (χ4n) is 4.57. The molecule has 0 aromatic heterocycles. The molecule has 3 rings (SSSR count). The predicted octanol–water partition coefficient (Wildman–Crippen LogP) is 2.16. The molecule has 37 heavy (non-hydrogen) atoms. The minimum absolute atomic E-state index is 0.0239. The number of methoxy groups -OCH3 is 3. The molecule has 0 heterocycles. The molecule has 0 saturated carbocycles. The smallest absolute Gasteiger partial charge is 0.242 e. The van der Waals surface area contributed by atoms with E-state index in [1.54, 1.807) is 33.3 Å². The second-order valence-corrected chi connectivity index (χ2v) is 8.83. The van der Waals surface area contributed by atoms with Gasteiger partial charge in [0.15, 0.2) is 11.5 Å². The van der Waals surface area contributed by atoms with Gasteiger partial charge in [-0.25, -0.2) is 0 Å². The Morgan fingerprint density at radius 2 is 1.84 bits per heavy atom. The van der Waals surface area contributed by atoms with Crippen LogP contribution in [0.15, 0.2) is 29.1 Å². The van der Waals surface area contributed by atoms with E-state index >= 15 is 0 Å². The van der Waals surface area contributed by atoms with Crippen LogP contribution < -0.4 is 35.6 Å². The summed E-state index contributed by atoms with van der Waals surface area (Å²) in [5, 5.41) is 17.6. The van der Waals surface area contributed by atoms with Crippen LogP contribution in [0.25, 0.3) is 11.1 Å². The number of benzene rings is 1. The number of hydrogen-bond acceptors (Lipinski definition) is 8. The van der Waals surface area contributed by atoms with E-state index in [9.17, 15) is 14.4 Å². The van der Waals surface area contributed by atoms with E-state index in [1.165, 1.54) is 20.1 Å². The third-order valence-corrected chi connectivity index (χ3v) is 6.32. The molecule has 1 aliphatic rings. The summed E-state index contributed by atoms with van der Waals surface area (Å²) in [7, 11) is 4.62. The molecule has 0 saturated heterocycles. The van der Waals surface area contributed by atoms with Gasteiger partial charge in [-0.05, 0) is 61.1 Å². The van der Waals surface area contributed by atoms with Crippen molar-refractivity contribution in [3.8, 4) is 28.4 Å². The van der Waals surface area contributed by atoms with Gasteiger partial charge >= 0.3 is 0 Å². The topological polar surface area (TPSA) is 135 Å². The lowest BCUT2D eigenvalue weighted by Crippen LogP contribution is -2.39. The van der Waals surface area contributed by atoms with Crippen LogP contribution >= 0.6 is 0 Å². The standard InChI is InChI=1S/C27H35N3O7/c1-15(27(34)28-11-6-12-31)29-21-10-8-18-19(14-22(21)33)20(30-16(2)32)9-7-17-13-23(35-3)25(36-4)26(37-5)24(17)18/h8,10,13-15,20,31H,6-7,9,11-12H2,1-5H3,(H,28,34)(H,29,33)(H,30,32)/t15-,20-/m0/s1. The number of fused-ring (bicyclic) bond motifs is 3. The zero-order valence-corrected chi connectivity index (χ0v) is 21.9. The molecule has 0 aliphatic heterocycles. The van der Waals surface area contributed by atoms with Crippen LogP contribution in [-0.4, -0.2) is 57.4 Å². The summed E-state index contributed by atoms with van der Waals surface area (Å²) in [5.74, 6) is 0.903. The fourth-order valence-corrected chi connectivity index (χ4v) is 4.57. The average molecular weight is 514 g/mol. The van der Waals surface area contributed by atoms with Gasteiger partial charge in [-0.15, -0.1) is 0 Å². The Morgan fingerprint density at radius 3 is 2.46 bits per heavy atom. The van der Waals surface area contributed by atoms with Crippen molar-refractivity contribution in [2.75, 3.05) is 39.8 Å². The Balaban J connectivity index is 2.18. The molecule has 0 radical (unpaired) electrons. The quantitative estimate of drug-likeness (QED) is 0.355. The van der Waals surface area contributed by atoms with E-state index in [2.05, 4.69) is 16.0 Å². The first-order chi connectivity index (χ1) is 17.7. The summed E-state index contributed by atoms with van der Waals surface area (Å²) in [5.41, 5.74) is 2.93. The molecule has 200 valence electrons. The number of aryl methyl sites for hydroxylation is 1. The lowest BCUT2D eigenvalue weighted by atomic mass is 9.95. The van der Waals surface area contributed by atoms with Crippen LogP contribution in [0.3, 0.4) is 0 Å². The van der Waals surface area contributed by atoms with Crippen molar-refractivity contribution in [2.24, 2.45) is 0 Å². The molecule has 2 atom stereocenters. The lowest BCUT2D eigenvalue weighted by Gasteiger charge is -2.19. The zero-order chi connectivity index (χ0) is 27.1. The van der Waals surface area contributed by atoms with E-state index in [0.29, 0.717) is 54.2 Å². The van der Waals surface area contributed by atoms with E-state index in [-0.39, 0.29) is 29.5 Å². The monoisotopic (exact) mass is 513 g/mol. The lowest BCUT2D eigenvalue weighted by molar-refractivity contribution is -0.121. The number of aliphatic hydroxyl groups excluding tert-OH is 1. The van der Waals surface area contributed by atoms with Crippen LogP contribution in [0.2, 0.25) is 0 Å². The maximum atomic E-state index is 13.3. The van der Waals surface area contributed by atoms with Crippen molar-refractivity contribution in [3.05, 3.63) is 45.6 Å². The van der Waals surface area contributed by atoms with Crippen molar-refractivity contribution < 1.29 is 28.9 Å². The SMILES string of the molecule is COc1cc2c(c(OC)c1OC)-c1ccc(N[C@@H](C)C(=O)NCCCO)c(=O)cc1[C@@H](NC(C)=O)CC2. The molecule has 10 nitrogen and oxygen atoms in total. The van der Waals surface area contributed by atoms with Gasteiger partial charge in [0.1, 0.15) is 6.04 Å². The Bertz CT molecular complexity index is 1220. The van der Waals surface area contributed by atoms with Gasteiger partial charge in [-0.1, -0.05) is 6.07 Å². The summed E-state index contributed by atoms with van der Waals surface area (Å²) in [6, 6.07) is 5.71. The minimum Gasteiger partial charge on any atom is -0.493 e. The maximum absolute atomic E-state index is 13.3. The maximum Gasteiger partial charge on any atom is 0.242 e. The Kier molecular flexibility index (Phi) is 9.35. The average Bonchev–Trinajstić information content (AvgIpc) is 3.11. The molecule has 2 amide bonds. The van der Waals surface area contributed by atoms with Crippen LogP contribution in [0, 0.1) is 0 Å². The van der Waals surface area contributed by atoms with Gasteiger partial charge < -0.3 is 35.3 Å². The van der Waals surface area contributed by atoms with Crippen LogP contribution in [0.4, 0.5) is 5.69 Å². The second kappa shape index (κ2) is 12.4. The van der Waals surface area contributed by atoms with Gasteiger partial charge in [-0.2, -0.15) is 0 Å². The molecule has 0 bridgehead atoms. The highest BCUT2D eigenvalue weighted by molar-refractivity contribution is 5.85. The molecule has 1 aliphatic carbocycles. The van der Waals surface area contributed by atoms with E-state index in [0.717, 1.165) is 11.1 Å². The third-order valence-electron chi connectivity index (χ3n) is 6.32. The first kappa shape index (κ1) is 27.8. The molecule has 10 heteroatoms. The zero-order valence-electron chi connectivity index (χ0n) is 21.9. The molecular weight excluding hydrogens is 478 g/mol. The van der Waals surface area contributed by atoms with Crippen LogP contribution in [0.1, 0.15) is 43.9 Å². The highest BCUT2D eigenvalue weighted by Gasteiger charge is 2.29. The van der Waals surface area contributed by atoms with Gasteiger partial charge in [0.2, 0.25) is 23.0 Å². The Morgan fingerprint density at radius 1 is 1.11 bits per heavy atom. The van der Waals surface area contributed by atoms with Crippen molar-refractivity contribution in [1.29, 1.82) is 0 Å².